The normalized spacial score (nSPS) is 22.4. The highest BCUT2D eigenvalue weighted by Gasteiger charge is 2.27. The fraction of sp³-hybridized carbons (Fsp3) is 0.409. The quantitative estimate of drug-likeness (QED) is 0.897. The van der Waals surface area contributed by atoms with Crippen LogP contribution in [0.25, 0.3) is 0 Å². The maximum absolute atomic E-state index is 12.7. The fourth-order valence-corrected chi connectivity index (χ4v) is 4.45. The van der Waals surface area contributed by atoms with Gasteiger partial charge in [-0.15, -0.1) is 0 Å². The molecule has 1 heterocycles. The summed E-state index contributed by atoms with van der Waals surface area (Å²) < 4.78 is 0. The van der Waals surface area contributed by atoms with E-state index in [0.717, 1.165) is 37.3 Å². The summed E-state index contributed by atoms with van der Waals surface area (Å²) in [5.41, 5.74) is 5.37. The lowest BCUT2D eigenvalue weighted by Gasteiger charge is -2.34. The summed E-state index contributed by atoms with van der Waals surface area (Å²) in [6.45, 7) is 1.60. The van der Waals surface area contributed by atoms with Crippen LogP contribution in [0.1, 0.15) is 28.7 Å². The molecule has 4 rings (SSSR count). The maximum Gasteiger partial charge on any atom is 0.223 e. The number of fused-ring (bicyclic) bond motifs is 2. The number of nitrogens with zero attached hydrogens (tertiary/aromatic N) is 1. The first-order chi connectivity index (χ1) is 12.6. The molecule has 136 valence electrons. The Morgan fingerprint density at radius 2 is 1.92 bits per heavy atom. The highest BCUT2D eigenvalue weighted by atomic mass is 35.5. The number of amides is 1. The molecule has 26 heavy (non-hydrogen) atoms. The average Bonchev–Trinajstić information content (AvgIpc) is 2.66. The molecular weight excluding hydrogens is 344 g/mol. The molecule has 2 aromatic carbocycles. The molecule has 0 radical (unpaired) electrons. The molecule has 0 spiro atoms. The van der Waals surface area contributed by atoms with Crippen molar-refractivity contribution in [3.05, 3.63) is 69.7 Å². The van der Waals surface area contributed by atoms with Gasteiger partial charge in [-0.3, -0.25) is 9.69 Å². The summed E-state index contributed by atoms with van der Waals surface area (Å²) in [5.74, 6) is 0.297. The smallest absolute Gasteiger partial charge is 0.223 e. The number of carbonyl (C=O) groups excluding carboxylic acids is 1. The molecule has 0 bridgehead atoms. The number of aryl methyl sites for hydroxylation is 1. The van der Waals surface area contributed by atoms with Gasteiger partial charge in [-0.25, -0.2) is 0 Å². The van der Waals surface area contributed by atoms with Gasteiger partial charge < -0.3 is 5.32 Å². The predicted octanol–water partition coefficient (Wildman–Crippen LogP) is 3.62. The van der Waals surface area contributed by atoms with Crippen LogP contribution in [0.5, 0.6) is 0 Å². The van der Waals surface area contributed by atoms with Gasteiger partial charge in [-0.2, -0.15) is 0 Å². The van der Waals surface area contributed by atoms with Crippen molar-refractivity contribution in [2.45, 2.75) is 38.3 Å². The Labute approximate surface area is 160 Å². The van der Waals surface area contributed by atoms with Crippen LogP contribution in [0.15, 0.2) is 42.5 Å². The molecule has 3 nitrogen and oxygen atoms in total. The van der Waals surface area contributed by atoms with Crippen LogP contribution >= 0.6 is 11.6 Å². The molecule has 1 aliphatic carbocycles. The van der Waals surface area contributed by atoms with E-state index in [2.05, 4.69) is 53.7 Å². The first kappa shape index (κ1) is 17.6. The van der Waals surface area contributed by atoms with Gasteiger partial charge >= 0.3 is 0 Å². The van der Waals surface area contributed by atoms with Crippen LogP contribution < -0.4 is 5.32 Å². The summed E-state index contributed by atoms with van der Waals surface area (Å²) in [6.07, 6.45) is 3.74. The van der Waals surface area contributed by atoms with Crippen molar-refractivity contribution >= 4 is 17.5 Å². The molecule has 2 aromatic rings. The minimum atomic E-state index is 0.0977. The topological polar surface area (TPSA) is 32.3 Å². The SMILES string of the molecule is CN1Cc2ccc(Cl)cc2C[C@@H]1CNC(=O)C1CCc2ccccc2C1. The van der Waals surface area contributed by atoms with Gasteiger partial charge in [-0.1, -0.05) is 41.9 Å². The Morgan fingerprint density at radius 3 is 2.77 bits per heavy atom. The third kappa shape index (κ3) is 3.65. The van der Waals surface area contributed by atoms with E-state index in [1.165, 1.54) is 22.3 Å². The van der Waals surface area contributed by atoms with Gasteiger partial charge in [0.25, 0.3) is 0 Å². The van der Waals surface area contributed by atoms with Crippen LogP contribution in [0.4, 0.5) is 0 Å². The third-order valence-corrected chi connectivity index (χ3v) is 6.13. The van der Waals surface area contributed by atoms with Crippen molar-refractivity contribution in [3.63, 3.8) is 0 Å². The monoisotopic (exact) mass is 368 g/mol. The van der Waals surface area contributed by atoms with Gasteiger partial charge in [0.2, 0.25) is 5.91 Å². The number of rotatable bonds is 3. The zero-order valence-corrected chi connectivity index (χ0v) is 15.9. The summed E-state index contributed by atoms with van der Waals surface area (Å²) >= 11 is 6.15. The summed E-state index contributed by atoms with van der Waals surface area (Å²) in [7, 11) is 2.13. The van der Waals surface area contributed by atoms with E-state index < -0.39 is 0 Å². The number of benzene rings is 2. The van der Waals surface area contributed by atoms with Crippen molar-refractivity contribution in [2.75, 3.05) is 13.6 Å². The summed E-state index contributed by atoms with van der Waals surface area (Å²) in [6, 6.07) is 14.9. The zero-order valence-electron chi connectivity index (χ0n) is 15.2. The molecule has 0 fully saturated rings. The van der Waals surface area contributed by atoms with E-state index in [4.69, 9.17) is 11.6 Å². The second kappa shape index (κ2) is 7.42. The lowest BCUT2D eigenvalue weighted by Crippen LogP contribution is -2.47. The van der Waals surface area contributed by atoms with Crippen molar-refractivity contribution in [1.82, 2.24) is 10.2 Å². The Kier molecular flexibility index (Phi) is 5.01. The van der Waals surface area contributed by atoms with E-state index in [-0.39, 0.29) is 11.8 Å². The third-order valence-electron chi connectivity index (χ3n) is 5.90. The molecule has 2 atom stereocenters. The van der Waals surface area contributed by atoms with Crippen molar-refractivity contribution in [1.29, 1.82) is 0 Å². The Balaban J connectivity index is 1.36. The molecule has 2 aliphatic rings. The largest absolute Gasteiger partial charge is 0.354 e. The molecule has 4 heteroatoms. The zero-order chi connectivity index (χ0) is 18.1. The second-order valence-electron chi connectivity index (χ2n) is 7.64. The number of likely N-dealkylation sites (N-methyl/N-ethyl adjacent to an activating group) is 1. The minimum Gasteiger partial charge on any atom is -0.354 e. The van der Waals surface area contributed by atoms with Crippen molar-refractivity contribution in [2.24, 2.45) is 5.92 Å². The van der Waals surface area contributed by atoms with Crippen LogP contribution in [-0.4, -0.2) is 30.4 Å². The van der Waals surface area contributed by atoms with Crippen molar-refractivity contribution < 1.29 is 4.79 Å². The Hall–Kier alpha value is -1.84. The number of nitrogens with one attached hydrogen (secondary N) is 1. The number of carbonyl (C=O) groups is 1. The average molecular weight is 369 g/mol. The van der Waals surface area contributed by atoms with Gasteiger partial charge in [-0.05, 0) is 67.1 Å². The Morgan fingerprint density at radius 1 is 1.12 bits per heavy atom. The molecule has 0 aromatic heterocycles. The van der Waals surface area contributed by atoms with E-state index in [1.807, 2.05) is 6.07 Å². The molecular formula is C22H25ClN2O. The fourth-order valence-electron chi connectivity index (χ4n) is 4.26. The van der Waals surface area contributed by atoms with E-state index in [9.17, 15) is 4.79 Å². The number of hydrogen-bond acceptors (Lipinski definition) is 2. The predicted molar refractivity (Wildman–Crippen MR) is 105 cm³/mol. The molecule has 1 aliphatic heterocycles. The number of halogens is 1. The molecule has 0 saturated carbocycles. The van der Waals surface area contributed by atoms with Crippen LogP contribution in [0.2, 0.25) is 5.02 Å². The lowest BCUT2D eigenvalue weighted by atomic mass is 9.83. The molecule has 1 N–H and O–H groups in total. The van der Waals surface area contributed by atoms with Gasteiger partial charge in [0, 0.05) is 30.1 Å². The lowest BCUT2D eigenvalue weighted by molar-refractivity contribution is -0.125. The first-order valence-electron chi connectivity index (χ1n) is 9.42. The number of hydrogen-bond donors (Lipinski definition) is 1. The van der Waals surface area contributed by atoms with Gasteiger partial charge in [0.15, 0.2) is 0 Å². The molecule has 0 saturated heterocycles. The highest BCUT2D eigenvalue weighted by molar-refractivity contribution is 6.30. The molecule has 1 unspecified atom stereocenters. The minimum absolute atomic E-state index is 0.0977. The highest BCUT2D eigenvalue weighted by Crippen LogP contribution is 2.27. The van der Waals surface area contributed by atoms with Gasteiger partial charge in [0.1, 0.15) is 0 Å². The molecule has 1 amide bonds. The second-order valence-corrected chi connectivity index (χ2v) is 8.08. The summed E-state index contributed by atoms with van der Waals surface area (Å²) in [4.78, 5) is 15.0. The van der Waals surface area contributed by atoms with E-state index >= 15 is 0 Å². The summed E-state index contributed by atoms with van der Waals surface area (Å²) in [5, 5.41) is 4.00. The standard InChI is InChI=1S/C22H25ClN2O/c1-25-14-18-8-9-20(23)11-19(18)12-21(25)13-24-22(26)17-7-6-15-4-2-3-5-16(15)10-17/h2-5,8-9,11,17,21H,6-7,10,12-14H2,1H3,(H,24,26)/t17?,21-/m1/s1. The van der Waals surface area contributed by atoms with Crippen LogP contribution in [0, 0.1) is 5.92 Å². The van der Waals surface area contributed by atoms with E-state index in [1.54, 1.807) is 0 Å². The van der Waals surface area contributed by atoms with E-state index in [0.29, 0.717) is 12.6 Å². The van der Waals surface area contributed by atoms with Crippen LogP contribution in [0.3, 0.4) is 0 Å². The Bertz CT molecular complexity index is 820. The first-order valence-corrected chi connectivity index (χ1v) is 9.80. The van der Waals surface area contributed by atoms with Gasteiger partial charge in [0.05, 0.1) is 0 Å². The maximum atomic E-state index is 12.7. The van der Waals surface area contributed by atoms with Crippen molar-refractivity contribution in [3.8, 4) is 0 Å². The van der Waals surface area contributed by atoms with Crippen LogP contribution in [-0.2, 0) is 30.6 Å².